The highest BCUT2D eigenvalue weighted by Crippen LogP contribution is 2.14. The van der Waals surface area contributed by atoms with Gasteiger partial charge < -0.3 is 10.1 Å². The van der Waals surface area contributed by atoms with Gasteiger partial charge in [0.2, 0.25) is 0 Å². The molecular weight excluding hydrogens is 238 g/mol. The second-order valence-electron chi connectivity index (χ2n) is 6.58. The van der Waals surface area contributed by atoms with E-state index in [4.69, 9.17) is 4.74 Å². The molecule has 113 valence electrons. The van der Waals surface area contributed by atoms with Crippen LogP contribution in [0.25, 0.3) is 0 Å². The van der Waals surface area contributed by atoms with Gasteiger partial charge in [0, 0.05) is 6.04 Å². The standard InChI is InChI=1S/C16H32NO2/c1-7-8-11-14(12-9-10-13(2)3)17-15(18)19-16(4,5)6/h14H,7-12H2,1-6H3,(H,17,18)/t14-/m0/s1. The van der Waals surface area contributed by atoms with Crippen LogP contribution in [-0.4, -0.2) is 17.7 Å². The Balaban J connectivity index is 4.14. The number of hydrogen-bond donors (Lipinski definition) is 1. The van der Waals surface area contributed by atoms with Crippen molar-refractivity contribution in [1.82, 2.24) is 5.32 Å². The van der Waals surface area contributed by atoms with Gasteiger partial charge >= 0.3 is 6.09 Å². The molecule has 0 aliphatic heterocycles. The van der Waals surface area contributed by atoms with E-state index in [9.17, 15) is 4.79 Å². The van der Waals surface area contributed by atoms with Crippen LogP contribution in [-0.2, 0) is 4.74 Å². The number of ether oxygens (including phenoxy) is 1. The van der Waals surface area contributed by atoms with E-state index in [0.29, 0.717) is 0 Å². The van der Waals surface area contributed by atoms with Gasteiger partial charge in [-0.05, 0) is 46.0 Å². The Morgan fingerprint density at radius 3 is 2.21 bits per heavy atom. The second-order valence-corrected chi connectivity index (χ2v) is 6.58. The average molecular weight is 270 g/mol. The molecule has 0 spiro atoms. The van der Waals surface area contributed by atoms with Crippen molar-refractivity contribution in [2.75, 3.05) is 0 Å². The molecule has 0 aromatic heterocycles. The number of hydrogen-bond acceptors (Lipinski definition) is 2. The van der Waals surface area contributed by atoms with E-state index < -0.39 is 5.60 Å². The van der Waals surface area contributed by atoms with Gasteiger partial charge in [0.25, 0.3) is 0 Å². The summed E-state index contributed by atoms with van der Waals surface area (Å²) in [5.74, 6) is 1.45. The highest BCUT2D eigenvalue weighted by atomic mass is 16.6. The van der Waals surface area contributed by atoms with Gasteiger partial charge in [-0.25, -0.2) is 4.79 Å². The topological polar surface area (TPSA) is 38.3 Å². The molecule has 0 saturated heterocycles. The molecule has 0 unspecified atom stereocenters. The maximum Gasteiger partial charge on any atom is 0.407 e. The molecule has 1 amide bonds. The molecule has 0 saturated carbocycles. The highest BCUT2D eigenvalue weighted by Gasteiger charge is 2.19. The zero-order valence-corrected chi connectivity index (χ0v) is 13.6. The van der Waals surface area contributed by atoms with E-state index in [0.717, 1.165) is 38.5 Å². The molecular formula is C16H32NO2. The van der Waals surface area contributed by atoms with Crippen LogP contribution in [0.15, 0.2) is 0 Å². The van der Waals surface area contributed by atoms with E-state index in [-0.39, 0.29) is 12.1 Å². The van der Waals surface area contributed by atoms with Crippen LogP contribution >= 0.6 is 0 Å². The molecule has 1 radical (unpaired) electrons. The predicted octanol–water partition coefficient (Wildman–Crippen LogP) is 4.85. The van der Waals surface area contributed by atoms with Crippen molar-refractivity contribution in [3.63, 3.8) is 0 Å². The van der Waals surface area contributed by atoms with Crippen molar-refractivity contribution in [3.8, 4) is 0 Å². The molecule has 1 N–H and O–H groups in total. The molecule has 0 fully saturated rings. The summed E-state index contributed by atoms with van der Waals surface area (Å²) in [6.45, 7) is 12.2. The normalized spacial score (nSPS) is 13.4. The van der Waals surface area contributed by atoms with Crippen LogP contribution in [0.3, 0.4) is 0 Å². The summed E-state index contributed by atoms with van der Waals surface area (Å²) >= 11 is 0. The Hall–Kier alpha value is -0.730. The molecule has 0 aromatic carbocycles. The van der Waals surface area contributed by atoms with Crippen molar-refractivity contribution in [2.24, 2.45) is 0 Å². The Bertz CT molecular complexity index is 244. The monoisotopic (exact) mass is 270 g/mol. The lowest BCUT2D eigenvalue weighted by molar-refractivity contribution is 0.0498. The molecule has 3 nitrogen and oxygen atoms in total. The molecule has 0 aromatic rings. The fourth-order valence-corrected chi connectivity index (χ4v) is 1.92. The zero-order chi connectivity index (χ0) is 14.9. The summed E-state index contributed by atoms with van der Waals surface area (Å²) in [7, 11) is 0. The average Bonchev–Trinajstić information content (AvgIpc) is 2.22. The minimum absolute atomic E-state index is 0.245. The van der Waals surface area contributed by atoms with E-state index >= 15 is 0 Å². The Kier molecular flexibility index (Phi) is 8.86. The Morgan fingerprint density at radius 2 is 1.74 bits per heavy atom. The fourth-order valence-electron chi connectivity index (χ4n) is 1.92. The second kappa shape index (κ2) is 9.22. The van der Waals surface area contributed by atoms with E-state index in [2.05, 4.69) is 26.1 Å². The maximum atomic E-state index is 11.8. The van der Waals surface area contributed by atoms with Crippen LogP contribution < -0.4 is 5.32 Å². The summed E-state index contributed by atoms with van der Waals surface area (Å²) in [4.78, 5) is 11.8. The number of alkyl carbamates (subject to hydrolysis) is 1. The Morgan fingerprint density at radius 1 is 1.16 bits per heavy atom. The molecule has 0 rings (SSSR count). The molecule has 0 aliphatic carbocycles. The van der Waals surface area contributed by atoms with Gasteiger partial charge in [0.15, 0.2) is 0 Å². The first-order valence-electron chi connectivity index (χ1n) is 7.53. The van der Waals surface area contributed by atoms with Gasteiger partial charge in [0.1, 0.15) is 5.60 Å². The van der Waals surface area contributed by atoms with Crippen LogP contribution in [0, 0.1) is 5.92 Å². The quantitative estimate of drug-likeness (QED) is 0.684. The summed E-state index contributed by atoms with van der Waals surface area (Å²) < 4.78 is 5.32. The molecule has 0 bridgehead atoms. The van der Waals surface area contributed by atoms with Crippen molar-refractivity contribution in [2.45, 2.75) is 91.7 Å². The molecule has 3 heteroatoms. The third kappa shape index (κ3) is 12.1. The minimum atomic E-state index is -0.423. The third-order valence-electron chi connectivity index (χ3n) is 2.86. The maximum absolute atomic E-state index is 11.8. The number of carbonyl (C=O) groups excluding carboxylic acids is 1. The number of amides is 1. The lowest BCUT2D eigenvalue weighted by atomic mass is 10.00. The van der Waals surface area contributed by atoms with Gasteiger partial charge in [-0.1, -0.05) is 40.0 Å². The predicted molar refractivity (Wildman–Crippen MR) is 81.1 cm³/mol. The van der Waals surface area contributed by atoms with Crippen LogP contribution in [0.1, 0.15) is 80.1 Å². The van der Waals surface area contributed by atoms with Crippen molar-refractivity contribution >= 4 is 6.09 Å². The first kappa shape index (κ1) is 18.3. The zero-order valence-electron chi connectivity index (χ0n) is 13.6. The smallest absolute Gasteiger partial charge is 0.407 e. The lowest BCUT2D eigenvalue weighted by Crippen LogP contribution is -2.39. The van der Waals surface area contributed by atoms with Gasteiger partial charge in [0.05, 0.1) is 0 Å². The van der Waals surface area contributed by atoms with E-state index in [1.165, 1.54) is 5.92 Å². The number of nitrogens with one attached hydrogen (secondary N) is 1. The first-order valence-corrected chi connectivity index (χ1v) is 7.53. The number of unbranched alkanes of at least 4 members (excludes halogenated alkanes) is 1. The van der Waals surface area contributed by atoms with E-state index in [1.807, 2.05) is 20.8 Å². The molecule has 1 atom stereocenters. The van der Waals surface area contributed by atoms with Crippen molar-refractivity contribution in [1.29, 1.82) is 0 Å². The highest BCUT2D eigenvalue weighted by molar-refractivity contribution is 5.68. The molecule has 0 aliphatic rings. The van der Waals surface area contributed by atoms with Gasteiger partial charge in [-0.2, -0.15) is 0 Å². The van der Waals surface area contributed by atoms with E-state index in [1.54, 1.807) is 0 Å². The van der Waals surface area contributed by atoms with Crippen LogP contribution in [0.2, 0.25) is 0 Å². The summed E-state index contributed by atoms with van der Waals surface area (Å²) in [6, 6.07) is 0.245. The molecule has 19 heavy (non-hydrogen) atoms. The summed E-state index contributed by atoms with van der Waals surface area (Å²) in [5.41, 5.74) is -0.423. The largest absolute Gasteiger partial charge is 0.444 e. The van der Waals surface area contributed by atoms with Crippen LogP contribution in [0.4, 0.5) is 4.79 Å². The van der Waals surface area contributed by atoms with Crippen molar-refractivity contribution in [3.05, 3.63) is 5.92 Å². The molecule has 0 heterocycles. The lowest BCUT2D eigenvalue weighted by Gasteiger charge is -2.24. The van der Waals surface area contributed by atoms with Gasteiger partial charge in [-0.3, -0.25) is 0 Å². The Labute approximate surface area is 119 Å². The number of carbonyl (C=O) groups is 1. The first-order chi connectivity index (χ1) is 8.74. The summed E-state index contributed by atoms with van der Waals surface area (Å²) in [5, 5.41) is 3.01. The minimum Gasteiger partial charge on any atom is -0.444 e. The van der Waals surface area contributed by atoms with Crippen molar-refractivity contribution < 1.29 is 9.53 Å². The van der Waals surface area contributed by atoms with Crippen LogP contribution in [0.5, 0.6) is 0 Å². The van der Waals surface area contributed by atoms with Gasteiger partial charge in [-0.15, -0.1) is 0 Å². The third-order valence-corrected chi connectivity index (χ3v) is 2.86. The SMILES string of the molecule is CCCC[C@@H](CCC[C](C)C)NC(=O)OC(C)(C)C. The fraction of sp³-hybridized carbons (Fsp3) is 0.875. The number of rotatable bonds is 8. The summed E-state index contributed by atoms with van der Waals surface area (Å²) in [6.07, 6.45) is 6.36.